The molecule has 1 unspecified atom stereocenters. The molecule has 1 N–H and O–H groups in total. The Morgan fingerprint density at radius 2 is 2.00 bits per heavy atom. The van der Waals surface area contributed by atoms with E-state index >= 15 is 0 Å². The number of aliphatic hydroxyl groups excluding tert-OH is 1. The standard InChI is InChI=1S/C10H11BrF2O/c1-6-3-4-8(5-9(6)11)10(12,13)7(2)14/h3-5,7,14H,1-2H3. The molecule has 0 aliphatic heterocycles. The van der Waals surface area contributed by atoms with Gasteiger partial charge >= 0.3 is 0 Å². The molecule has 14 heavy (non-hydrogen) atoms. The summed E-state index contributed by atoms with van der Waals surface area (Å²) in [4.78, 5) is 0. The third-order valence-electron chi connectivity index (χ3n) is 2.08. The van der Waals surface area contributed by atoms with Crippen molar-refractivity contribution < 1.29 is 13.9 Å². The minimum absolute atomic E-state index is 0.176. The summed E-state index contributed by atoms with van der Waals surface area (Å²) < 4.78 is 27.3. The molecule has 0 aromatic heterocycles. The van der Waals surface area contributed by atoms with Gasteiger partial charge in [0.1, 0.15) is 6.10 Å². The van der Waals surface area contributed by atoms with Crippen LogP contribution in [0.25, 0.3) is 0 Å². The molecule has 0 heterocycles. The average molecular weight is 265 g/mol. The van der Waals surface area contributed by atoms with Crippen molar-refractivity contribution >= 4 is 15.9 Å². The van der Waals surface area contributed by atoms with Crippen LogP contribution in [0, 0.1) is 6.92 Å². The van der Waals surface area contributed by atoms with Crippen molar-refractivity contribution in [1.29, 1.82) is 0 Å². The van der Waals surface area contributed by atoms with Gasteiger partial charge in [0.05, 0.1) is 0 Å². The van der Waals surface area contributed by atoms with E-state index in [1.807, 2.05) is 6.92 Å². The van der Waals surface area contributed by atoms with Crippen LogP contribution in [0.1, 0.15) is 18.1 Å². The van der Waals surface area contributed by atoms with Crippen molar-refractivity contribution in [1.82, 2.24) is 0 Å². The molecule has 0 saturated heterocycles. The summed E-state index contributed by atoms with van der Waals surface area (Å²) in [6.07, 6.45) is -1.68. The molecule has 78 valence electrons. The van der Waals surface area contributed by atoms with E-state index in [0.29, 0.717) is 4.47 Å². The molecule has 0 spiro atoms. The van der Waals surface area contributed by atoms with Crippen LogP contribution in [0.5, 0.6) is 0 Å². The van der Waals surface area contributed by atoms with E-state index in [1.54, 1.807) is 6.07 Å². The van der Waals surface area contributed by atoms with E-state index in [0.717, 1.165) is 12.5 Å². The summed E-state index contributed by atoms with van der Waals surface area (Å²) in [5.74, 6) is -3.20. The molecule has 0 saturated carbocycles. The van der Waals surface area contributed by atoms with Gasteiger partial charge in [0.2, 0.25) is 0 Å². The summed E-state index contributed by atoms with van der Waals surface area (Å²) in [5.41, 5.74) is 0.708. The Bertz CT molecular complexity index is 337. The lowest BCUT2D eigenvalue weighted by Crippen LogP contribution is -2.27. The first-order valence-electron chi connectivity index (χ1n) is 4.18. The van der Waals surface area contributed by atoms with Crippen LogP contribution >= 0.6 is 15.9 Å². The van der Waals surface area contributed by atoms with E-state index in [4.69, 9.17) is 5.11 Å². The molecular weight excluding hydrogens is 254 g/mol. The smallest absolute Gasteiger partial charge is 0.298 e. The minimum atomic E-state index is -3.20. The van der Waals surface area contributed by atoms with Crippen molar-refractivity contribution in [2.75, 3.05) is 0 Å². The number of alkyl halides is 2. The van der Waals surface area contributed by atoms with Crippen molar-refractivity contribution in [3.8, 4) is 0 Å². The van der Waals surface area contributed by atoms with Gasteiger partial charge in [0.25, 0.3) is 5.92 Å². The molecular formula is C10H11BrF2O. The maximum Gasteiger partial charge on any atom is 0.298 e. The fraction of sp³-hybridized carbons (Fsp3) is 0.400. The van der Waals surface area contributed by atoms with Crippen molar-refractivity contribution in [2.24, 2.45) is 0 Å². The second kappa shape index (κ2) is 3.95. The van der Waals surface area contributed by atoms with Crippen molar-refractivity contribution in [3.05, 3.63) is 33.8 Å². The molecule has 0 fully saturated rings. The Hall–Kier alpha value is -0.480. The summed E-state index contributed by atoms with van der Waals surface area (Å²) >= 11 is 3.17. The molecule has 0 amide bonds. The number of benzene rings is 1. The zero-order valence-electron chi connectivity index (χ0n) is 7.89. The fourth-order valence-corrected chi connectivity index (χ4v) is 1.42. The Kier molecular flexibility index (Phi) is 3.27. The van der Waals surface area contributed by atoms with Crippen LogP contribution in [0.3, 0.4) is 0 Å². The highest BCUT2D eigenvalue weighted by atomic mass is 79.9. The first-order valence-corrected chi connectivity index (χ1v) is 4.97. The molecule has 0 aliphatic carbocycles. The van der Waals surface area contributed by atoms with Crippen LogP contribution in [-0.4, -0.2) is 11.2 Å². The largest absolute Gasteiger partial charge is 0.387 e. The highest BCUT2D eigenvalue weighted by molar-refractivity contribution is 9.10. The monoisotopic (exact) mass is 264 g/mol. The Balaban J connectivity index is 3.14. The van der Waals surface area contributed by atoms with E-state index in [2.05, 4.69) is 15.9 Å². The van der Waals surface area contributed by atoms with Gasteiger partial charge in [-0.3, -0.25) is 0 Å². The SMILES string of the molecule is Cc1ccc(C(F)(F)C(C)O)cc1Br. The predicted octanol–water partition coefficient (Wildman–Crippen LogP) is 3.23. The quantitative estimate of drug-likeness (QED) is 0.870. The lowest BCUT2D eigenvalue weighted by Gasteiger charge is -2.20. The van der Waals surface area contributed by atoms with Crippen molar-refractivity contribution in [2.45, 2.75) is 25.9 Å². The minimum Gasteiger partial charge on any atom is -0.387 e. The highest BCUT2D eigenvalue weighted by Crippen LogP contribution is 2.33. The lowest BCUT2D eigenvalue weighted by molar-refractivity contribution is -0.106. The zero-order valence-corrected chi connectivity index (χ0v) is 9.48. The van der Waals surface area contributed by atoms with Crippen molar-refractivity contribution in [3.63, 3.8) is 0 Å². The van der Waals surface area contributed by atoms with Crippen LogP contribution in [0.4, 0.5) is 8.78 Å². The van der Waals surface area contributed by atoms with Crippen LogP contribution in [0.2, 0.25) is 0 Å². The average Bonchev–Trinajstić information content (AvgIpc) is 2.09. The molecule has 1 atom stereocenters. The second-order valence-corrected chi connectivity index (χ2v) is 4.12. The number of hydrogen-bond acceptors (Lipinski definition) is 1. The molecule has 1 aromatic rings. The molecule has 0 aliphatic rings. The van der Waals surface area contributed by atoms with E-state index in [9.17, 15) is 8.78 Å². The zero-order chi connectivity index (χ0) is 10.9. The van der Waals surface area contributed by atoms with E-state index < -0.39 is 12.0 Å². The van der Waals surface area contributed by atoms with Gasteiger partial charge in [0, 0.05) is 10.0 Å². The molecule has 4 heteroatoms. The molecule has 1 nitrogen and oxygen atoms in total. The van der Waals surface area contributed by atoms with Crippen LogP contribution in [0.15, 0.2) is 22.7 Å². The highest BCUT2D eigenvalue weighted by Gasteiger charge is 2.37. The summed E-state index contributed by atoms with van der Waals surface area (Å²) in [7, 11) is 0. The molecule has 1 aromatic carbocycles. The molecule has 0 bridgehead atoms. The fourth-order valence-electron chi connectivity index (χ4n) is 1.04. The lowest BCUT2D eigenvalue weighted by atomic mass is 10.0. The topological polar surface area (TPSA) is 20.2 Å². The molecule has 1 rings (SSSR count). The first kappa shape index (κ1) is 11.6. The third kappa shape index (κ3) is 2.12. The Morgan fingerprint density at radius 1 is 1.43 bits per heavy atom. The number of aryl methyl sites for hydroxylation is 1. The van der Waals surface area contributed by atoms with Gasteiger partial charge < -0.3 is 5.11 Å². The summed E-state index contributed by atoms with van der Waals surface area (Å²) in [5, 5.41) is 8.93. The van der Waals surface area contributed by atoms with Gasteiger partial charge in [0.15, 0.2) is 0 Å². The summed E-state index contributed by atoms with van der Waals surface area (Å²) in [6, 6.07) is 4.25. The maximum atomic E-state index is 13.3. The number of hydrogen-bond donors (Lipinski definition) is 1. The number of aliphatic hydroxyl groups is 1. The van der Waals surface area contributed by atoms with Gasteiger partial charge in [-0.2, -0.15) is 8.78 Å². The normalized spacial score (nSPS) is 14.1. The van der Waals surface area contributed by atoms with Gasteiger partial charge in [-0.05, 0) is 25.5 Å². The summed E-state index contributed by atoms with van der Waals surface area (Å²) in [6.45, 7) is 2.89. The first-order chi connectivity index (χ1) is 6.35. The van der Waals surface area contributed by atoms with Crippen LogP contribution < -0.4 is 0 Å². The Labute approximate surface area is 89.9 Å². The Morgan fingerprint density at radius 3 is 2.43 bits per heavy atom. The van der Waals surface area contributed by atoms with Crippen LogP contribution in [-0.2, 0) is 5.92 Å². The van der Waals surface area contributed by atoms with Gasteiger partial charge in [-0.25, -0.2) is 0 Å². The third-order valence-corrected chi connectivity index (χ3v) is 2.94. The predicted molar refractivity (Wildman–Crippen MR) is 54.5 cm³/mol. The second-order valence-electron chi connectivity index (χ2n) is 3.26. The van der Waals surface area contributed by atoms with E-state index in [-0.39, 0.29) is 5.56 Å². The van der Waals surface area contributed by atoms with Gasteiger partial charge in [-0.1, -0.05) is 28.1 Å². The molecule has 0 radical (unpaired) electrons. The number of halogens is 3. The maximum absolute atomic E-state index is 13.3. The number of rotatable bonds is 2. The van der Waals surface area contributed by atoms with Gasteiger partial charge in [-0.15, -0.1) is 0 Å². The van der Waals surface area contributed by atoms with E-state index in [1.165, 1.54) is 12.1 Å².